The Balaban J connectivity index is 5.19. The zero-order chi connectivity index (χ0) is 55.0. The van der Waals surface area contributed by atoms with Crippen LogP contribution in [-0.2, 0) is 65.4 Å². The number of unbranched alkanes of at least 4 members (excludes halogenated alkanes) is 26. The van der Waals surface area contributed by atoms with E-state index in [0.29, 0.717) is 25.7 Å². The summed E-state index contributed by atoms with van der Waals surface area (Å²) < 4.78 is 67.3. The average molecular weight is 1100 g/mol. The van der Waals surface area contributed by atoms with Gasteiger partial charge in [-0.05, 0) is 31.6 Å². The van der Waals surface area contributed by atoms with Gasteiger partial charge in [-0.25, -0.2) is 9.13 Å². The molecule has 0 saturated carbocycles. The molecule has 19 heteroatoms. The molecule has 0 fully saturated rings. The molecular formula is C55H106O17P2. The zero-order valence-electron chi connectivity index (χ0n) is 47.0. The minimum Gasteiger partial charge on any atom is -0.462 e. The molecule has 0 rings (SSSR count). The Morgan fingerprint density at radius 3 is 0.959 bits per heavy atom. The van der Waals surface area contributed by atoms with Crippen LogP contribution in [0.1, 0.15) is 266 Å². The molecule has 0 amide bonds. The van der Waals surface area contributed by atoms with Crippen LogP contribution in [0.15, 0.2) is 0 Å². The monoisotopic (exact) mass is 1100 g/mol. The Bertz CT molecular complexity index is 1470. The number of carbonyl (C=O) groups is 4. The lowest BCUT2D eigenvalue weighted by atomic mass is 10.00. The lowest BCUT2D eigenvalue weighted by molar-refractivity contribution is -0.161. The van der Waals surface area contributed by atoms with E-state index >= 15 is 0 Å². The zero-order valence-corrected chi connectivity index (χ0v) is 48.7. The number of hydrogen-bond acceptors (Lipinski definition) is 15. The van der Waals surface area contributed by atoms with Gasteiger partial charge in [0, 0.05) is 25.7 Å². The number of phosphoric ester groups is 2. The SMILES string of the molecule is CCCCCCCCCCCCC(=O)OC[C@H](COP(=O)(O)OC[C@@H](O)COP(=O)(O)OC[C@@H](COC(=O)CCCCCCC)OC(=O)CCCCCCCCCCC)OC(=O)CCCCCCCCC(C)CC. The van der Waals surface area contributed by atoms with Crippen molar-refractivity contribution in [2.75, 3.05) is 39.6 Å². The molecule has 0 aromatic carbocycles. The predicted molar refractivity (Wildman–Crippen MR) is 289 cm³/mol. The molecule has 0 bridgehead atoms. The minimum absolute atomic E-state index is 0.103. The first-order valence-corrected chi connectivity index (χ1v) is 32.2. The molecule has 0 aliphatic heterocycles. The van der Waals surface area contributed by atoms with Gasteiger partial charge in [-0.3, -0.25) is 37.3 Å². The standard InChI is InChI=1S/C55H106O17P2/c1-6-10-13-16-18-20-22-23-29-34-39-53(58)66-45-51(72-55(60)41-36-31-26-25-28-32-37-48(5)9-4)47-70-74(63,64)68-43-49(56)42-67-73(61,62)69-46-50(44-65-52(57)38-33-27-15-12-8-3)71-54(59)40-35-30-24-21-19-17-14-11-7-2/h48-51,56H,6-47H2,1-5H3,(H,61,62)(H,63,64)/t48?,49-,50+,51+/m0/s1. The van der Waals surface area contributed by atoms with Crippen molar-refractivity contribution in [1.29, 1.82) is 0 Å². The summed E-state index contributed by atoms with van der Waals surface area (Å²) in [6.45, 7) is 6.96. The topological polar surface area (TPSA) is 237 Å². The van der Waals surface area contributed by atoms with E-state index in [0.717, 1.165) is 102 Å². The molecule has 0 heterocycles. The smallest absolute Gasteiger partial charge is 0.462 e. The third-order valence-electron chi connectivity index (χ3n) is 12.9. The minimum atomic E-state index is -4.93. The van der Waals surface area contributed by atoms with Gasteiger partial charge in [0.2, 0.25) is 0 Å². The van der Waals surface area contributed by atoms with Gasteiger partial charge < -0.3 is 33.8 Å². The van der Waals surface area contributed by atoms with Crippen molar-refractivity contribution in [1.82, 2.24) is 0 Å². The molecule has 3 unspecified atom stereocenters. The van der Waals surface area contributed by atoms with E-state index in [9.17, 15) is 43.2 Å². The average Bonchev–Trinajstić information content (AvgIpc) is 3.37. The lowest BCUT2D eigenvalue weighted by Gasteiger charge is -2.21. The lowest BCUT2D eigenvalue weighted by Crippen LogP contribution is -2.30. The number of esters is 4. The number of phosphoric acid groups is 2. The second-order valence-corrected chi connectivity index (χ2v) is 23.1. The summed E-state index contributed by atoms with van der Waals surface area (Å²) in [6.07, 6.45) is 29.7. The number of ether oxygens (including phenoxy) is 4. The van der Waals surface area contributed by atoms with Crippen molar-refractivity contribution in [3.63, 3.8) is 0 Å². The first kappa shape index (κ1) is 72.1. The summed E-state index contributed by atoms with van der Waals surface area (Å²) in [5.41, 5.74) is 0. The van der Waals surface area contributed by atoms with Crippen LogP contribution in [0.5, 0.6) is 0 Å². The molecule has 74 heavy (non-hydrogen) atoms. The van der Waals surface area contributed by atoms with Crippen molar-refractivity contribution in [2.45, 2.75) is 284 Å². The molecule has 6 atom stereocenters. The summed E-state index contributed by atoms with van der Waals surface area (Å²) in [5.74, 6) is -1.44. The van der Waals surface area contributed by atoms with E-state index in [2.05, 4.69) is 34.6 Å². The number of rotatable bonds is 55. The fourth-order valence-corrected chi connectivity index (χ4v) is 9.54. The molecule has 0 radical (unpaired) electrons. The van der Waals surface area contributed by atoms with E-state index < -0.39 is 97.5 Å². The van der Waals surface area contributed by atoms with E-state index in [1.54, 1.807) is 0 Å². The Kier molecular flexibility index (Phi) is 48.1. The van der Waals surface area contributed by atoms with Crippen LogP contribution in [-0.4, -0.2) is 96.7 Å². The van der Waals surface area contributed by atoms with Crippen molar-refractivity contribution in [3.8, 4) is 0 Å². The molecule has 0 aliphatic rings. The summed E-state index contributed by atoms with van der Waals surface area (Å²) in [6, 6.07) is 0. The summed E-state index contributed by atoms with van der Waals surface area (Å²) in [5, 5.41) is 10.4. The molecule has 17 nitrogen and oxygen atoms in total. The predicted octanol–water partition coefficient (Wildman–Crippen LogP) is 14.3. The summed E-state index contributed by atoms with van der Waals surface area (Å²) in [7, 11) is -9.86. The maximum atomic E-state index is 12.9. The second-order valence-electron chi connectivity index (χ2n) is 20.2. The van der Waals surface area contributed by atoms with Crippen LogP contribution >= 0.6 is 15.6 Å². The molecule has 0 aromatic heterocycles. The van der Waals surface area contributed by atoms with Gasteiger partial charge in [-0.1, -0.05) is 214 Å². The van der Waals surface area contributed by atoms with Gasteiger partial charge in [0.25, 0.3) is 0 Å². The fraction of sp³-hybridized carbons (Fsp3) is 0.927. The Labute approximate surface area is 447 Å². The second kappa shape index (κ2) is 49.4. The van der Waals surface area contributed by atoms with Gasteiger partial charge in [0.05, 0.1) is 26.4 Å². The van der Waals surface area contributed by atoms with Gasteiger partial charge in [-0.2, -0.15) is 0 Å². The van der Waals surface area contributed by atoms with Crippen molar-refractivity contribution >= 4 is 39.5 Å². The third kappa shape index (κ3) is 48.4. The molecule has 438 valence electrons. The highest BCUT2D eigenvalue weighted by atomic mass is 31.2. The van der Waals surface area contributed by atoms with Gasteiger partial charge >= 0.3 is 39.5 Å². The van der Waals surface area contributed by atoms with Crippen molar-refractivity contribution in [3.05, 3.63) is 0 Å². The van der Waals surface area contributed by atoms with Crippen molar-refractivity contribution < 1.29 is 80.2 Å². The molecule has 0 aromatic rings. The summed E-state index contributed by atoms with van der Waals surface area (Å²) in [4.78, 5) is 71.4. The fourth-order valence-electron chi connectivity index (χ4n) is 7.96. The molecule has 0 aliphatic carbocycles. The van der Waals surface area contributed by atoms with Crippen LogP contribution in [0.3, 0.4) is 0 Å². The maximum absolute atomic E-state index is 12.9. The normalized spacial score (nSPS) is 14.9. The Morgan fingerprint density at radius 1 is 0.378 bits per heavy atom. The summed E-state index contributed by atoms with van der Waals surface area (Å²) >= 11 is 0. The largest absolute Gasteiger partial charge is 0.472 e. The molecule has 0 spiro atoms. The van der Waals surface area contributed by atoms with Crippen molar-refractivity contribution in [2.24, 2.45) is 5.92 Å². The number of aliphatic hydroxyl groups is 1. The maximum Gasteiger partial charge on any atom is 0.472 e. The first-order valence-electron chi connectivity index (χ1n) is 29.2. The van der Waals surface area contributed by atoms with E-state index in [1.165, 1.54) is 83.5 Å². The van der Waals surface area contributed by atoms with Gasteiger partial charge in [0.1, 0.15) is 19.3 Å². The number of carbonyl (C=O) groups excluding carboxylic acids is 4. The Morgan fingerprint density at radius 2 is 0.649 bits per heavy atom. The van der Waals surface area contributed by atoms with Crippen LogP contribution in [0, 0.1) is 5.92 Å². The molecule has 3 N–H and O–H groups in total. The van der Waals surface area contributed by atoms with Gasteiger partial charge in [0.15, 0.2) is 12.2 Å². The van der Waals surface area contributed by atoms with Crippen LogP contribution in [0.2, 0.25) is 0 Å². The van der Waals surface area contributed by atoms with Crippen LogP contribution in [0.4, 0.5) is 0 Å². The third-order valence-corrected chi connectivity index (χ3v) is 14.8. The van der Waals surface area contributed by atoms with Crippen LogP contribution < -0.4 is 0 Å². The molecular weight excluding hydrogens is 995 g/mol. The van der Waals surface area contributed by atoms with Crippen LogP contribution in [0.25, 0.3) is 0 Å². The van der Waals surface area contributed by atoms with E-state index in [1.807, 2.05) is 0 Å². The first-order chi connectivity index (χ1) is 35.6. The van der Waals surface area contributed by atoms with E-state index in [4.69, 9.17) is 37.0 Å². The number of hydrogen-bond donors (Lipinski definition) is 3. The highest BCUT2D eigenvalue weighted by Gasteiger charge is 2.30. The highest BCUT2D eigenvalue weighted by Crippen LogP contribution is 2.45. The van der Waals surface area contributed by atoms with E-state index in [-0.39, 0.29) is 25.7 Å². The quantitative estimate of drug-likeness (QED) is 0.0222. The highest BCUT2D eigenvalue weighted by molar-refractivity contribution is 7.47. The molecule has 0 saturated heterocycles. The Hall–Kier alpha value is -1.94. The van der Waals surface area contributed by atoms with Gasteiger partial charge in [-0.15, -0.1) is 0 Å². The number of aliphatic hydroxyl groups excluding tert-OH is 1.